The zero-order valence-corrected chi connectivity index (χ0v) is 12.5. The van der Waals surface area contributed by atoms with E-state index in [4.69, 9.17) is 0 Å². The molecule has 0 aromatic rings. The summed E-state index contributed by atoms with van der Waals surface area (Å²) in [7, 11) is 0. The van der Waals surface area contributed by atoms with E-state index in [-0.39, 0.29) is 7.43 Å². The fourth-order valence-electron chi connectivity index (χ4n) is 3.12. The largest absolute Gasteiger partial charge is 0.303 e. The Morgan fingerprint density at radius 3 is 1.72 bits per heavy atom. The highest BCUT2D eigenvalue weighted by Gasteiger charge is 2.22. The van der Waals surface area contributed by atoms with Gasteiger partial charge in [0.15, 0.2) is 0 Å². The minimum absolute atomic E-state index is 0. The Balaban J connectivity index is 0.000000917. The van der Waals surface area contributed by atoms with Gasteiger partial charge in [-0.1, -0.05) is 48.0 Å². The molecule has 18 heavy (non-hydrogen) atoms. The molecule has 0 N–H and O–H groups in total. The third-order valence-electron chi connectivity index (χ3n) is 4.53. The van der Waals surface area contributed by atoms with Gasteiger partial charge < -0.3 is 4.90 Å². The predicted octanol–water partition coefficient (Wildman–Crippen LogP) is 5.21. The zero-order valence-electron chi connectivity index (χ0n) is 12.5. The summed E-state index contributed by atoms with van der Waals surface area (Å²) in [5.41, 5.74) is 0. The second kappa shape index (κ2) is 9.83. The fourth-order valence-corrected chi connectivity index (χ4v) is 3.12. The van der Waals surface area contributed by atoms with E-state index < -0.39 is 0 Å². The first-order valence-electron chi connectivity index (χ1n) is 7.96. The molecule has 2 fully saturated rings. The third kappa shape index (κ3) is 6.22. The van der Waals surface area contributed by atoms with Gasteiger partial charge in [-0.15, -0.1) is 0 Å². The second-order valence-electron chi connectivity index (χ2n) is 6.11. The first-order chi connectivity index (χ1) is 8.24. The highest BCUT2D eigenvalue weighted by Crippen LogP contribution is 2.29. The van der Waals surface area contributed by atoms with Crippen molar-refractivity contribution >= 4 is 0 Å². The van der Waals surface area contributed by atoms with Crippen LogP contribution in [0.2, 0.25) is 0 Å². The Morgan fingerprint density at radius 1 is 0.778 bits per heavy atom. The Kier molecular flexibility index (Phi) is 9.81. The van der Waals surface area contributed by atoms with Gasteiger partial charge in [0.2, 0.25) is 0 Å². The Bertz CT molecular complexity index is 154. The van der Waals surface area contributed by atoms with Crippen LogP contribution in [0, 0.1) is 17.8 Å². The predicted molar refractivity (Wildman–Crippen MR) is 84.0 cm³/mol. The van der Waals surface area contributed by atoms with Gasteiger partial charge in [0, 0.05) is 6.54 Å². The summed E-state index contributed by atoms with van der Waals surface area (Å²) in [6.07, 6.45) is 8.82. The minimum atomic E-state index is 0. The molecule has 1 nitrogen and oxygen atoms in total. The van der Waals surface area contributed by atoms with Crippen LogP contribution in [-0.4, -0.2) is 24.5 Å². The summed E-state index contributed by atoms with van der Waals surface area (Å²) >= 11 is 0. The first kappa shape index (κ1) is 18.0. The molecule has 1 aliphatic carbocycles. The number of hydrogen-bond donors (Lipinski definition) is 0. The van der Waals surface area contributed by atoms with Crippen LogP contribution >= 0.6 is 0 Å². The van der Waals surface area contributed by atoms with E-state index in [0.29, 0.717) is 0 Å². The molecule has 1 saturated heterocycles. The van der Waals surface area contributed by atoms with Crippen molar-refractivity contribution in [2.24, 2.45) is 17.8 Å². The van der Waals surface area contributed by atoms with Gasteiger partial charge in [-0.2, -0.15) is 0 Å². The summed E-state index contributed by atoms with van der Waals surface area (Å²) < 4.78 is 0. The van der Waals surface area contributed by atoms with E-state index in [9.17, 15) is 0 Å². The summed E-state index contributed by atoms with van der Waals surface area (Å²) in [4.78, 5) is 2.72. The van der Waals surface area contributed by atoms with Gasteiger partial charge in [0.05, 0.1) is 0 Å². The number of likely N-dealkylation sites (tertiary alicyclic amines) is 1. The topological polar surface area (TPSA) is 3.24 Å². The maximum atomic E-state index is 2.72. The van der Waals surface area contributed by atoms with Crippen molar-refractivity contribution < 1.29 is 0 Å². The molecule has 2 rings (SSSR count). The highest BCUT2D eigenvalue weighted by atomic mass is 15.1. The van der Waals surface area contributed by atoms with E-state index in [0.717, 1.165) is 17.8 Å². The molecule has 0 atom stereocenters. The molecule has 110 valence electrons. The summed E-state index contributed by atoms with van der Waals surface area (Å²) in [5, 5.41) is 0. The van der Waals surface area contributed by atoms with Crippen LogP contribution in [0.15, 0.2) is 0 Å². The number of rotatable bonds is 2. The Morgan fingerprint density at radius 2 is 1.22 bits per heavy atom. The van der Waals surface area contributed by atoms with Crippen molar-refractivity contribution in [2.45, 2.75) is 73.6 Å². The standard InChI is InChI=1S/C14H27N.C2H6.CH4/c1-12-3-5-14(6-4-12)11-15-9-7-13(2)8-10-15;1-2;/h12-14H,3-11H2,1-2H3;1-2H3;1H4. The van der Waals surface area contributed by atoms with E-state index in [1.807, 2.05) is 13.8 Å². The lowest BCUT2D eigenvalue weighted by Crippen LogP contribution is -2.37. The minimum Gasteiger partial charge on any atom is -0.303 e. The van der Waals surface area contributed by atoms with E-state index >= 15 is 0 Å². The van der Waals surface area contributed by atoms with Crippen molar-refractivity contribution in [3.05, 3.63) is 0 Å². The average Bonchev–Trinajstić information content (AvgIpc) is 2.37. The van der Waals surface area contributed by atoms with Crippen LogP contribution < -0.4 is 0 Å². The van der Waals surface area contributed by atoms with Gasteiger partial charge in [0.25, 0.3) is 0 Å². The lowest BCUT2D eigenvalue weighted by Gasteiger charge is -2.35. The number of nitrogens with zero attached hydrogens (tertiary/aromatic N) is 1. The normalized spacial score (nSPS) is 30.0. The van der Waals surface area contributed by atoms with E-state index in [1.54, 1.807) is 0 Å². The number of piperidine rings is 1. The van der Waals surface area contributed by atoms with Crippen molar-refractivity contribution in [1.29, 1.82) is 0 Å². The summed E-state index contributed by atoms with van der Waals surface area (Å²) in [5.74, 6) is 3.00. The first-order valence-corrected chi connectivity index (χ1v) is 7.96. The molecule has 0 aromatic heterocycles. The Hall–Kier alpha value is -0.0400. The molecule has 0 aromatic carbocycles. The summed E-state index contributed by atoms with van der Waals surface area (Å²) in [6.45, 7) is 13.0. The summed E-state index contributed by atoms with van der Waals surface area (Å²) in [6, 6.07) is 0. The molecular formula is C17H37N. The molecule has 1 heterocycles. The molecule has 2 aliphatic rings. The molecule has 0 bridgehead atoms. The highest BCUT2D eigenvalue weighted by molar-refractivity contribution is 4.76. The van der Waals surface area contributed by atoms with E-state index in [2.05, 4.69) is 18.7 Å². The van der Waals surface area contributed by atoms with E-state index in [1.165, 1.54) is 58.2 Å². The van der Waals surface area contributed by atoms with Crippen LogP contribution in [0.25, 0.3) is 0 Å². The second-order valence-corrected chi connectivity index (χ2v) is 6.11. The van der Waals surface area contributed by atoms with Crippen molar-refractivity contribution in [2.75, 3.05) is 19.6 Å². The maximum Gasteiger partial charge on any atom is 0.000966 e. The van der Waals surface area contributed by atoms with Gasteiger partial charge in [0.1, 0.15) is 0 Å². The lowest BCUT2D eigenvalue weighted by molar-refractivity contribution is 0.143. The zero-order chi connectivity index (χ0) is 12.7. The lowest BCUT2D eigenvalue weighted by atomic mass is 9.82. The van der Waals surface area contributed by atoms with Gasteiger partial charge in [-0.25, -0.2) is 0 Å². The van der Waals surface area contributed by atoms with Crippen LogP contribution in [0.4, 0.5) is 0 Å². The number of hydrogen-bond acceptors (Lipinski definition) is 1. The monoisotopic (exact) mass is 255 g/mol. The van der Waals surface area contributed by atoms with Crippen molar-refractivity contribution in [3.63, 3.8) is 0 Å². The van der Waals surface area contributed by atoms with Crippen LogP contribution in [0.3, 0.4) is 0 Å². The quantitative estimate of drug-likeness (QED) is 0.655. The van der Waals surface area contributed by atoms with Crippen LogP contribution in [-0.2, 0) is 0 Å². The fraction of sp³-hybridized carbons (Fsp3) is 1.00. The molecule has 1 heteroatoms. The molecule has 1 saturated carbocycles. The Labute approximate surface area is 116 Å². The molecule has 0 spiro atoms. The molecular weight excluding hydrogens is 218 g/mol. The molecule has 0 radical (unpaired) electrons. The third-order valence-corrected chi connectivity index (χ3v) is 4.53. The SMILES string of the molecule is C.CC.CC1CCC(CN2CCC(C)CC2)CC1. The molecule has 0 amide bonds. The van der Waals surface area contributed by atoms with Crippen LogP contribution in [0.5, 0.6) is 0 Å². The van der Waals surface area contributed by atoms with Gasteiger partial charge in [-0.3, -0.25) is 0 Å². The molecule has 0 unspecified atom stereocenters. The average molecular weight is 255 g/mol. The van der Waals surface area contributed by atoms with Crippen LogP contribution in [0.1, 0.15) is 73.6 Å². The van der Waals surface area contributed by atoms with Gasteiger partial charge in [-0.05, 0) is 56.5 Å². The van der Waals surface area contributed by atoms with Gasteiger partial charge >= 0.3 is 0 Å². The maximum absolute atomic E-state index is 2.72. The molecule has 1 aliphatic heterocycles. The van der Waals surface area contributed by atoms with Crippen molar-refractivity contribution in [3.8, 4) is 0 Å². The smallest absolute Gasteiger partial charge is 0.000966 e. The van der Waals surface area contributed by atoms with Crippen molar-refractivity contribution in [1.82, 2.24) is 4.90 Å².